The molecule has 132 valence electrons. The highest BCUT2D eigenvalue weighted by Crippen LogP contribution is 2.15. The van der Waals surface area contributed by atoms with Crippen molar-refractivity contribution in [3.05, 3.63) is 64.7 Å². The highest BCUT2D eigenvalue weighted by Gasteiger charge is 2.23. The summed E-state index contributed by atoms with van der Waals surface area (Å²) in [4.78, 5) is 24.7. The molecular formula is C20H23NO4. The predicted molar refractivity (Wildman–Crippen MR) is 95.9 cm³/mol. The second kappa shape index (κ2) is 8.33. The molecule has 0 spiro atoms. The first-order valence-corrected chi connectivity index (χ1v) is 8.03. The molecule has 25 heavy (non-hydrogen) atoms. The van der Waals surface area contributed by atoms with E-state index < -0.39 is 12.0 Å². The summed E-state index contributed by atoms with van der Waals surface area (Å²) < 4.78 is 10.0. The van der Waals surface area contributed by atoms with Gasteiger partial charge in [0, 0.05) is 12.0 Å². The summed E-state index contributed by atoms with van der Waals surface area (Å²) in [5.74, 6) is -0.0904. The minimum absolute atomic E-state index is 0.301. The van der Waals surface area contributed by atoms with E-state index >= 15 is 0 Å². The van der Waals surface area contributed by atoms with Gasteiger partial charge >= 0.3 is 5.97 Å². The maximum absolute atomic E-state index is 12.5. The molecule has 2 aromatic carbocycles. The Morgan fingerprint density at radius 3 is 2.32 bits per heavy atom. The average Bonchev–Trinajstić information content (AvgIpc) is 2.59. The van der Waals surface area contributed by atoms with Gasteiger partial charge in [-0.25, -0.2) is 4.79 Å². The quantitative estimate of drug-likeness (QED) is 0.821. The molecule has 0 aromatic heterocycles. The van der Waals surface area contributed by atoms with E-state index in [1.54, 1.807) is 19.2 Å². The summed E-state index contributed by atoms with van der Waals surface area (Å²) in [7, 11) is 2.89. The van der Waals surface area contributed by atoms with E-state index in [1.807, 2.05) is 44.2 Å². The van der Waals surface area contributed by atoms with Crippen molar-refractivity contribution < 1.29 is 19.1 Å². The number of methoxy groups -OCH3 is 2. The molecule has 1 amide bonds. The number of amides is 1. The number of esters is 1. The van der Waals surface area contributed by atoms with Gasteiger partial charge in [-0.2, -0.15) is 0 Å². The molecule has 0 aliphatic heterocycles. The van der Waals surface area contributed by atoms with Gasteiger partial charge in [-0.1, -0.05) is 29.3 Å². The SMILES string of the molecule is COC(=O)[C@@H](Cc1cccc(OC)c1)NC(=O)c1cc(C)cc(C)c1. The lowest BCUT2D eigenvalue weighted by atomic mass is 10.0. The molecule has 0 heterocycles. The molecule has 0 bridgehead atoms. The lowest BCUT2D eigenvalue weighted by molar-refractivity contribution is -0.142. The van der Waals surface area contributed by atoms with Crippen LogP contribution in [0.5, 0.6) is 5.75 Å². The summed E-state index contributed by atoms with van der Waals surface area (Å²) in [6.45, 7) is 3.86. The molecule has 0 radical (unpaired) electrons. The summed E-state index contributed by atoms with van der Waals surface area (Å²) in [6.07, 6.45) is 0.320. The Balaban J connectivity index is 2.19. The first-order chi connectivity index (χ1) is 11.9. The Bertz CT molecular complexity index is 750. The molecule has 5 nitrogen and oxygen atoms in total. The van der Waals surface area contributed by atoms with Crippen LogP contribution in [0.2, 0.25) is 0 Å². The van der Waals surface area contributed by atoms with Gasteiger partial charge in [0.05, 0.1) is 14.2 Å². The first kappa shape index (κ1) is 18.5. The molecule has 0 saturated carbocycles. The predicted octanol–water partition coefficient (Wildman–Crippen LogP) is 2.83. The van der Waals surface area contributed by atoms with Crippen LogP contribution in [0.3, 0.4) is 0 Å². The van der Waals surface area contributed by atoms with E-state index in [-0.39, 0.29) is 5.91 Å². The van der Waals surface area contributed by atoms with Crippen LogP contribution < -0.4 is 10.1 Å². The second-order valence-electron chi connectivity index (χ2n) is 5.98. The Morgan fingerprint density at radius 1 is 1.04 bits per heavy atom. The Hall–Kier alpha value is -2.82. The van der Waals surface area contributed by atoms with E-state index in [9.17, 15) is 9.59 Å². The summed E-state index contributed by atoms with van der Waals surface area (Å²) >= 11 is 0. The molecule has 2 aromatic rings. The fourth-order valence-corrected chi connectivity index (χ4v) is 2.72. The number of rotatable bonds is 6. The summed E-state index contributed by atoms with van der Waals surface area (Å²) in [6, 6.07) is 12.2. The number of benzene rings is 2. The van der Waals surface area contributed by atoms with Crippen LogP contribution in [0.25, 0.3) is 0 Å². The zero-order chi connectivity index (χ0) is 18.4. The number of ether oxygens (including phenoxy) is 2. The Kier molecular flexibility index (Phi) is 6.17. The van der Waals surface area contributed by atoms with Crippen molar-refractivity contribution in [2.45, 2.75) is 26.3 Å². The van der Waals surface area contributed by atoms with Crippen molar-refractivity contribution >= 4 is 11.9 Å². The average molecular weight is 341 g/mol. The van der Waals surface area contributed by atoms with E-state index in [0.717, 1.165) is 16.7 Å². The molecule has 0 aliphatic rings. The molecule has 0 saturated heterocycles. The van der Waals surface area contributed by atoms with E-state index in [0.29, 0.717) is 17.7 Å². The monoisotopic (exact) mass is 341 g/mol. The normalized spacial score (nSPS) is 11.5. The lowest BCUT2D eigenvalue weighted by Crippen LogP contribution is -2.43. The van der Waals surface area contributed by atoms with E-state index in [4.69, 9.17) is 9.47 Å². The van der Waals surface area contributed by atoms with Crippen molar-refractivity contribution in [2.24, 2.45) is 0 Å². The van der Waals surface area contributed by atoms with Crippen molar-refractivity contribution in [3.63, 3.8) is 0 Å². The van der Waals surface area contributed by atoms with Crippen LogP contribution in [-0.4, -0.2) is 32.1 Å². The number of carbonyl (C=O) groups excluding carboxylic acids is 2. The van der Waals surface area contributed by atoms with Crippen molar-refractivity contribution in [1.29, 1.82) is 0 Å². The standard InChI is InChI=1S/C20H23NO4/c1-13-8-14(2)10-16(9-13)19(22)21-18(20(23)25-4)12-15-6-5-7-17(11-15)24-3/h5-11,18H,12H2,1-4H3,(H,21,22)/t18-/m1/s1. The third-order valence-electron chi connectivity index (χ3n) is 3.85. The number of hydrogen-bond donors (Lipinski definition) is 1. The minimum atomic E-state index is -0.773. The van der Waals surface area contributed by atoms with Gasteiger partial charge in [0.15, 0.2) is 0 Å². The number of hydrogen-bond acceptors (Lipinski definition) is 4. The molecule has 0 unspecified atom stereocenters. The van der Waals surface area contributed by atoms with Crippen molar-refractivity contribution in [3.8, 4) is 5.75 Å². The largest absolute Gasteiger partial charge is 0.497 e. The first-order valence-electron chi connectivity index (χ1n) is 8.03. The maximum atomic E-state index is 12.5. The van der Waals surface area contributed by atoms with Gasteiger partial charge in [0.25, 0.3) is 5.91 Å². The van der Waals surface area contributed by atoms with Crippen LogP contribution in [0.4, 0.5) is 0 Å². The fraction of sp³-hybridized carbons (Fsp3) is 0.300. The molecular weight excluding hydrogens is 318 g/mol. The molecule has 1 N–H and O–H groups in total. The topological polar surface area (TPSA) is 64.6 Å². The molecule has 0 aliphatic carbocycles. The third kappa shape index (κ3) is 5.08. The van der Waals surface area contributed by atoms with E-state index in [2.05, 4.69) is 5.32 Å². The van der Waals surface area contributed by atoms with Gasteiger partial charge in [-0.3, -0.25) is 4.79 Å². The van der Waals surface area contributed by atoms with Crippen LogP contribution in [0, 0.1) is 13.8 Å². The number of carbonyl (C=O) groups is 2. The van der Waals surface area contributed by atoms with E-state index in [1.165, 1.54) is 7.11 Å². The minimum Gasteiger partial charge on any atom is -0.497 e. The molecule has 5 heteroatoms. The van der Waals surface area contributed by atoms with Crippen molar-refractivity contribution in [1.82, 2.24) is 5.32 Å². The van der Waals surface area contributed by atoms with Gasteiger partial charge in [-0.05, 0) is 43.7 Å². The van der Waals surface area contributed by atoms with Gasteiger partial charge < -0.3 is 14.8 Å². The second-order valence-corrected chi connectivity index (χ2v) is 5.98. The maximum Gasteiger partial charge on any atom is 0.328 e. The van der Waals surface area contributed by atoms with Gasteiger partial charge in [0.2, 0.25) is 0 Å². The van der Waals surface area contributed by atoms with Crippen molar-refractivity contribution in [2.75, 3.05) is 14.2 Å². The zero-order valence-corrected chi connectivity index (χ0v) is 15.0. The van der Waals surface area contributed by atoms with Crippen LogP contribution in [0.15, 0.2) is 42.5 Å². The number of nitrogens with one attached hydrogen (secondary N) is 1. The Morgan fingerprint density at radius 2 is 1.72 bits per heavy atom. The zero-order valence-electron chi connectivity index (χ0n) is 15.0. The van der Waals surface area contributed by atoms with Gasteiger partial charge in [-0.15, -0.1) is 0 Å². The highest BCUT2D eigenvalue weighted by molar-refractivity contribution is 5.97. The van der Waals surface area contributed by atoms with Crippen LogP contribution in [0.1, 0.15) is 27.0 Å². The highest BCUT2D eigenvalue weighted by atomic mass is 16.5. The molecule has 2 rings (SSSR count). The smallest absolute Gasteiger partial charge is 0.328 e. The van der Waals surface area contributed by atoms with Gasteiger partial charge in [0.1, 0.15) is 11.8 Å². The number of aryl methyl sites for hydroxylation is 2. The fourth-order valence-electron chi connectivity index (χ4n) is 2.72. The van der Waals surface area contributed by atoms with Crippen LogP contribution >= 0.6 is 0 Å². The lowest BCUT2D eigenvalue weighted by Gasteiger charge is -2.17. The molecule has 0 fully saturated rings. The third-order valence-corrected chi connectivity index (χ3v) is 3.85. The summed E-state index contributed by atoms with van der Waals surface area (Å²) in [5.41, 5.74) is 3.38. The Labute approximate surface area is 148 Å². The van der Waals surface area contributed by atoms with Crippen LogP contribution in [-0.2, 0) is 16.0 Å². The summed E-state index contributed by atoms with van der Waals surface area (Å²) in [5, 5.41) is 2.77. The molecule has 1 atom stereocenters.